The third kappa shape index (κ3) is 7.08. The lowest BCUT2D eigenvalue weighted by molar-refractivity contribution is -0.0495. The molecule has 0 saturated carbocycles. The van der Waals surface area contributed by atoms with Gasteiger partial charge in [-0.05, 0) is 32.8 Å². The van der Waals surface area contributed by atoms with Crippen LogP contribution in [-0.4, -0.2) is 36.2 Å². The van der Waals surface area contributed by atoms with Crippen molar-refractivity contribution in [2.75, 3.05) is 7.11 Å². The van der Waals surface area contributed by atoms with E-state index >= 15 is 0 Å². The summed E-state index contributed by atoms with van der Waals surface area (Å²) in [4.78, 5) is 16.6. The largest absolute Gasteiger partial charge is 0.444 e. The van der Waals surface area contributed by atoms with Gasteiger partial charge in [-0.15, -0.1) is 0 Å². The van der Waals surface area contributed by atoms with Gasteiger partial charge in [-0.1, -0.05) is 30.3 Å². The predicted molar refractivity (Wildman–Crippen MR) is 79.5 cm³/mol. The summed E-state index contributed by atoms with van der Waals surface area (Å²) in [6.07, 6.45) is -1.19. The second kappa shape index (κ2) is 7.97. The summed E-state index contributed by atoms with van der Waals surface area (Å²) >= 11 is 0. The van der Waals surface area contributed by atoms with Crippen LogP contribution in [0.15, 0.2) is 30.3 Å². The van der Waals surface area contributed by atoms with E-state index in [4.69, 9.17) is 9.57 Å². The van der Waals surface area contributed by atoms with Crippen molar-refractivity contribution in [2.45, 2.75) is 45.1 Å². The SMILES string of the molecule is CONC(O)C(Cc1ccccc1)NC(=O)OC(C)(C)C. The normalized spacial score (nSPS) is 14.3. The van der Waals surface area contributed by atoms with E-state index in [0.29, 0.717) is 6.42 Å². The number of hydrogen-bond donors (Lipinski definition) is 3. The van der Waals surface area contributed by atoms with Gasteiger partial charge in [-0.25, -0.2) is 4.79 Å². The van der Waals surface area contributed by atoms with Gasteiger partial charge in [0.1, 0.15) is 11.8 Å². The fourth-order valence-electron chi connectivity index (χ4n) is 1.77. The van der Waals surface area contributed by atoms with Crippen LogP contribution in [0.25, 0.3) is 0 Å². The quantitative estimate of drug-likeness (QED) is 0.549. The summed E-state index contributed by atoms with van der Waals surface area (Å²) in [5.74, 6) is 0. The van der Waals surface area contributed by atoms with Crippen molar-refractivity contribution in [2.24, 2.45) is 0 Å². The van der Waals surface area contributed by atoms with Crippen molar-refractivity contribution in [1.29, 1.82) is 0 Å². The molecule has 0 radical (unpaired) electrons. The highest BCUT2D eigenvalue weighted by molar-refractivity contribution is 5.68. The minimum absolute atomic E-state index is 0.442. The Morgan fingerprint density at radius 1 is 1.29 bits per heavy atom. The zero-order valence-corrected chi connectivity index (χ0v) is 12.9. The van der Waals surface area contributed by atoms with Gasteiger partial charge in [0.2, 0.25) is 0 Å². The molecule has 6 nitrogen and oxygen atoms in total. The molecule has 2 unspecified atom stereocenters. The summed E-state index contributed by atoms with van der Waals surface area (Å²) in [6, 6.07) is 8.96. The molecule has 0 aliphatic carbocycles. The first-order valence-electron chi connectivity index (χ1n) is 6.82. The highest BCUT2D eigenvalue weighted by atomic mass is 16.7. The van der Waals surface area contributed by atoms with Crippen molar-refractivity contribution in [1.82, 2.24) is 10.8 Å². The number of hydrogen-bond acceptors (Lipinski definition) is 5. The molecule has 1 aromatic rings. The molecule has 0 aliphatic heterocycles. The van der Waals surface area contributed by atoms with Crippen LogP contribution in [0, 0.1) is 0 Å². The molecule has 6 heteroatoms. The number of carbonyl (C=O) groups is 1. The molecule has 0 aromatic heterocycles. The lowest BCUT2D eigenvalue weighted by atomic mass is 10.1. The summed E-state index contributed by atoms with van der Waals surface area (Å²) in [7, 11) is 1.40. The standard InChI is InChI=1S/C15H24N2O4/c1-15(2,3)21-14(19)16-12(13(18)17-20-4)10-11-8-6-5-7-9-11/h5-9,12-13,17-18H,10H2,1-4H3,(H,16,19). The number of rotatable bonds is 6. The number of benzene rings is 1. The molecule has 21 heavy (non-hydrogen) atoms. The van der Waals surface area contributed by atoms with Crippen molar-refractivity contribution >= 4 is 6.09 Å². The van der Waals surface area contributed by atoms with E-state index in [-0.39, 0.29) is 0 Å². The topological polar surface area (TPSA) is 79.8 Å². The zero-order valence-electron chi connectivity index (χ0n) is 12.9. The predicted octanol–water partition coefficient (Wildman–Crippen LogP) is 1.59. The molecule has 2 atom stereocenters. The van der Waals surface area contributed by atoms with E-state index in [9.17, 15) is 9.90 Å². The molecule has 0 bridgehead atoms. The lowest BCUT2D eigenvalue weighted by Crippen LogP contribution is -2.51. The highest BCUT2D eigenvalue weighted by Crippen LogP contribution is 2.09. The average molecular weight is 296 g/mol. The van der Waals surface area contributed by atoms with E-state index < -0.39 is 24.0 Å². The number of aliphatic hydroxyl groups is 1. The van der Waals surface area contributed by atoms with Gasteiger partial charge in [-0.3, -0.25) is 0 Å². The van der Waals surface area contributed by atoms with Crippen LogP contribution in [0.2, 0.25) is 0 Å². The van der Waals surface area contributed by atoms with Crippen molar-refractivity contribution in [3.8, 4) is 0 Å². The first kappa shape index (κ1) is 17.4. The van der Waals surface area contributed by atoms with Crippen LogP contribution in [-0.2, 0) is 16.0 Å². The molecule has 0 heterocycles. The van der Waals surface area contributed by atoms with Crippen molar-refractivity contribution in [3.05, 3.63) is 35.9 Å². The Morgan fingerprint density at radius 3 is 2.43 bits per heavy atom. The van der Waals surface area contributed by atoms with E-state index in [2.05, 4.69) is 10.8 Å². The van der Waals surface area contributed by atoms with Crippen molar-refractivity contribution < 1.29 is 19.5 Å². The molecule has 118 valence electrons. The first-order chi connectivity index (χ1) is 9.81. The maximum Gasteiger partial charge on any atom is 0.408 e. The van der Waals surface area contributed by atoms with Crippen LogP contribution in [0.1, 0.15) is 26.3 Å². The summed E-state index contributed by atoms with van der Waals surface area (Å²) < 4.78 is 5.20. The van der Waals surface area contributed by atoms with Crippen LogP contribution >= 0.6 is 0 Å². The Hall–Kier alpha value is -1.63. The number of hydroxylamine groups is 1. The number of aliphatic hydroxyl groups excluding tert-OH is 1. The van der Waals surface area contributed by atoms with E-state index in [1.54, 1.807) is 20.8 Å². The first-order valence-corrected chi connectivity index (χ1v) is 6.82. The second-order valence-electron chi connectivity index (χ2n) is 5.71. The maximum atomic E-state index is 11.9. The smallest absolute Gasteiger partial charge is 0.408 e. The minimum Gasteiger partial charge on any atom is -0.444 e. The maximum absolute atomic E-state index is 11.9. The molecular formula is C15H24N2O4. The Balaban J connectivity index is 2.71. The van der Waals surface area contributed by atoms with Crippen LogP contribution in [0.4, 0.5) is 4.79 Å². The molecule has 0 fully saturated rings. The number of ether oxygens (including phenoxy) is 1. The fourth-order valence-corrected chi connectivity index (χ4v) is 1.77. The van der Waals surface area contributed by atoms with Gasteiger partial charge in [-0.2, -0.15) is 5.48 Å². The van der Waals surface area contributed by atoms with Gasteiger partial charge in [0, 0.05) is 0 Å². The number of carbonyl (C=O) groups excluding carboxylic acids is 1. The Labute approximate surface area is 125 Å². The summed E-state index contributed by atoms with van der Waals surface area (Å²) in [5.41, 5.74) is 2.81. The van der Waals surface area contributed by atoms with E-state index in [1.165, 1.54) is 7.11 Å². The van der Waals surface area contributed by atoms with Gasteiger partial charge in [0.05, 0.1) is 13.2 Å². The molecule has 3 N–H and O–H groups in total. The Bertz CT molecular complexity index is 431. The number of alkyl carbamates (subject to hydrolysis) is 1. The monoisotopic (exact) mass is 296 g/mol. The second-order valence-corrected chi connectivity index (χ2v) is 5.71. The van der Waals surface area contributed by atoms with Crippen LogP contribution < -0.4 is 10.8 Å². The van der Waals surface area contributed by atoms with E-state index in [0.717, 1.165) is 5.56 Å². The molecular weight excluding hydrogens is 272 g/mol. The molecule has 0 saturated heterocycles. The van der Waals surface area contributed by atoms with Crippen molar-refractivity contribution in [3.63, 3.8) is 0 Å². The van der Waals surface area contributed by atoms with Crippen LogP contribution in [0.3, 0.4) is 0 Å². The Kier molecular flexibility index (Phi) is 6.61. The minimum atomic E-state index is -1.05. The molecule has 1 rings (SSSR count). The van der Waals surface area contributed by atoms with Gasteiger partial charge < -0.3 is 20.0 Å². The van der Waals surface area contributed by atoms with Gasteiger partial charge in [0.25, 0.3) is 0 Å². The zero-order chi connectivity index (χ0) is 15.9. The molecule has 1 aromatic carbocycles. The number of nitrogens with one attached hydrogen (secondary N) is 2. The van der Waals surface area contributed by atoms with E-state index in [1.807, 2.05) is 30.3 Å². The average Bonchev–Trinajstić information content (AvgIpc) is 2.37. The van der Waals surface area contributed by atoms with Crippen LogP contribution in [0.5, 0.6) is 0 Å². The summed E-state index contributed by atoms with van der Waals surface area (Å²) in [6.45, 7) is 5.34. The molecule has 1 amide bonds. The lowest BCUT2D eigenvalue weighted by Gasteiger charge is -2.26. The Morgan fingerprint density at radius 2 is 1.90 bits per heavy atom. The summed E-state index contributed by atoms with van der Waals surface area (Å²) in [5, 5.41) is 12.7. The molecule has 0 aliphatic rings. The fraction of sp³-hybridized carbons (Fsp3) is 0.533. The number of amides is 1. The van der Waals surface area contributed by atoms with Gasteiger partial charge in [0.15, 0.2) is 0 Å². The third-order valence-electron chi connectivity index (χ3n) is 2.62. The highest BCUT2D eigenvalue weighted by Gasteiger charge is 2.24. The molecule has 0 spiro atoms. The van der Waals surface area contributed by atoms with Gasteiger partial charge >= 0.3 is 6.09 Å². The third-order valence-corrected chi connectivity index (χ3v) is 2.62.